The van der Waals surface area contributed by atoms with Crippen molar-refractivity contribution >= 4 is 16.9 Å². The third-order valence-electron chi connectivity index (χ3n) is 3.39. The first-order chi connectivity index (χ1) is 8.29. The largest absolute Gasteiger partial charge is 0.462 e. The van der Waals surface area contributed by atoms with Crippen LogP contribution in [-0.2, 0) is 17.6 Å². The quantitative estimate of drug-likeness (QED) is 0.804. The smallest absolute Gasteiger partial charge is 0.340 e. The zero-order valence-electron chi connectivity index (χ0n) is 9.88. The number of esters is 1. The van der Waals surface area contributed by atoms with Crippen molar-refractivity contribution in [2.45, 2.75) is 26.2 Å². The molecule has 3 heteroatoms. The van der Waals surface area contributed by atoms with Gasteiger partial charge in [0.25, 0.3) is 0 Å². The summed E-state index contributed by atoms with van der Waals surface area (Å²) in [5, 5.41) is 0.990. The van der Waals surface area contributed by atoms with E-state index in [-0.39, 0.29) is 5.97 Å². The Kier molecular flexibility index (Phi) is 2.39. The molecular formula is C14H15NO2. The predicted octanol–water partition coefficient (Wildman–Crippen LogP) is 2.83. The zero-order chi connectivity index (χ0) is 11.8. The number of hydrogen-bond acceptors (Lipinski definition) is 2. The Morgan fingerprint density at radius 3 is 2.88 bits per heavy atom. The fourth-order valence-corrected chi connectivity index (χ4v) is 2.57. The molecule has 1 aliphatic carbocycles. The fraction of sp³-hybridized carbons (Fsp3) is 0.357. The summed E-state index contributed by atoms with van der Waals surface area (Å²) < 4.78 is 5.05. The number of rotatable bonds is 2. The van der Waals surface area contributed by atoms with Crippen molar-refractivity contribution in [3.63, 3.8) is 0 Å². The van der Waals surface area contributed by atoms with Gasteiger partial charge in [0, 0.05) is 17.1 Å². The first-order valence-electron chi connectivity index (χ1n) is 6.09. The van der Waals surface area contributed by atoms with Gasteiger partial charge in [-0.05, 0) is 49.4 Å². The van der Waals surface area contributed by atoms with Gasteiger partial charge >= 0.3 is 5.97 Å². The molecule has 1 heterocycles. The van der Waals surface area contributed by atoms with E-state index in [0.29, 0.717) is 12.2 Å². The van der Waals surface area contributed by atoms with Crippen molar-refractivity contribution in [1.29, 1.82) is 0 Å². The van der Waals surface area contributed by atoms with Gasteiger partial charge in [-0.1, -0.05) is 0 Å². The number of carbonyl (C=O) groups excluding carboxylic acids is 1. The van der Waals surface area contributed by atoms with E-state index in [1.54, 1.807) is 6.20 Å². The number of H-pyrrole nitrogens is 1. The van der Waals surface area contributed by atoms with Crippen LogP contribution in [-0.4, -0.2) is 17.6 Å². The summed E-state index contributed by atoms with van der Waals surface area (Å²) in [5.74, 6) is -0.239. The summed E-state index contributed by atoms with van der Waals surface area (Å²) in [5.41, 5.74) is 4.47. The molecule has 0 saturated carbocycles. The zero-order valence-corrected chi connectivity index (χ0v) is 9.88. The van der Waals surface area contributed by atoms with Gasteiger partial charge in [0.1, 0.15) is 0 Å². The molecule has 0 atom stereocenters. The number of aryl methyl sites for hydroxylation is 2. The summed E-state index contributed by atoms with van der Waals surface area (Å²) in [6.07, 6.45) is 5.24. The van der Waals surface area contributed by atoms with Gasteiger partial charge in [-0.25, -0.2) is 4.79 Å². The van der Waals surface area contributed by atoms with Crippen LogP contribution < -0.4 is 0 Å². The number of carbonyl (C=O) groups is 1. The molecule has 0 aliphatic heterocycles. The standard InChI is InChI=1S/C14H15NO2/c1-2-17-14(16)12-8-15-13-7-10-5-3-4-9(10)6-11(12)13/h6-8,15H,2-5H2,1H3. The van der Waals surface area contributed by atoms with Crippen LogP contribution in [0.5, 0.6) is 0 Å². The van der Waals surface area contributed by atoms with Crippen molar-refractivity contribution in [2.24, 2.45) is 0 Å². The van der Waals surface area contributed by atoms with E-state index in [1.807, 2.05) is 6.92 Å². The maximum absolute atomic E-state index is 11.8. The highest BCUT2D eigenvalue weighted by Gasteiger charge is 2.17. The van der Waals surface area contributed by atoms with E-state index >= 15 is 0 Å². The van der Waals surface area contributed by atoms with Gasteiger partial charge in [0.2, 0.25) is 0 Å². The van der Waals surface area contributed by atoms with Crippen LogP contribution >= 0.6 is 0 Å². The average molecular weight is 229 g/mol. The van der Waals surface area contributed by atoms with Crippen LogP contribution in [0.25, 0.3) is 10.9 Å². The van der Waals surface area contributed by atoms with E-state index < -0.39 is 0 Å². The van der Waals surface area contributed by atoms with Crippen LogP contribution in [0.3, 0.4) is 0 Å². The SMILES string of the molecule is CCOC(=O)c1c[nH]c2cc3c(cc12)CCC3. The van der Waals surface area contributed by atoms with E-state index in [4.69, 9.17) is 4.74 Å². The fourth-order valence-electron chi connectivity index (χ4n) is 2.57. The first-order valence-corrected chi connectivity index (χ1v) is 6.09. The molecule has 2 aromatic rings. The van der Waals surface area contributed by atoms with Gasteiger partial charge in [0.05, 0.1) is 12.2 Å². The third-order valence-corrected chi connectivity index (χ3v) is 3.39. The maximum atomic E-state index is 11.8. The number of nitrogens with one attached hydrogen (secondary N) is 1. The molecule has 0 radical (unpaired) electrons. The highest BCUT2D eigenvalue weighted by Crippen LogP contribution is 2.29. The normalized spacial score (nSPS) is 13.9. The van der Waals surface area contributed by atoms with Crippen LogP contribution in [0.1, 0.15) is 34.8 Å². The summed E-state index contributed by atoms with van der Waals surface area (Å²) in [4.78, 5) is 14.9. The molecule has 0 amide bonds. The second-order valence-electron chi connectivity index (χ2n) is 4.44. The van der Waals surface area contributed by atoms with Crippen LogP contribution in [0.2, 0.25) is 0 Å². The Labute approximate surface area is 99.8 Å². The van der Waals surface area contributed by atoms with Gasteiger partial charge in [-0.15, -0.1) is 0 Å². The van der Waals surface area contributed by atoms with Gasteiger partial charge in [-0.2, -0.15) is 0 Å². The van der Waals surface area contributed by atoms with Crippen molar-refractivity contribution < 1.29 is 9.53 Å². The van der Waals surface area contributed by atoms with Gasteiger partial charge in [-0.3, -0.25) is 0 Å². The molecule has 88 valence electrons. The topological polar surface area (TPSA) is 42.1 Å². The molecule has 0 unspecified atom stereocenters. The lowest BCUT2D eigenvalue weighted by atomic mass is 10.1. The van der Waals surface area contributed by atoms with Crippen LogP contribution in [0, 0.1) is 0 Å². The minimum Gasteiger partial charge on any atom is -0.462 e. The van der Waals surface area contributed by atoms with E-state index in [9.17, 15) is 4.79 Å². The number of ether oxygens (including phenoxy) is 1. The minimum absolute atomic E-state index is 0.239. The average Bonchev–Trinajstić information content (AvgIpc) is 2.91. The molecule has 1 aromatic carbocycles. The first kappa shape index (κ1) is 10.4. The lowest BCUT2D eigenvalue weighted by molar-refractivity contribution is 0.0529. The summed E-state index contributed by atoms with van der Waals surface area (Å²) in [6, 6.07) is 4.31. The van der Waals surface area contributed by atoms with Gasteiger partial charge < -0.3 is 9.72 Å². The molecule has 0 bridgehead atoms. The maximum Gasteiger partial charge on any atom is 0.340 e. The van der Waals surface area contributed by atoms with Crippen molar-refractivity contribution in [3.05, 3.63) is 35.0 Å². The second-order valence-corrected chi connectivity index (χ2v) is 4.44. The molecule has 0 spiro atoms. The highest BCUT2D eigenvalue weighted by molar-refractivity contribution is 6.04. The Hall–Kier alpha value is -1.77. The Balaban J connectivity index is 2.12. The van der Waals surface area contributed by atoms with Crippen molar-refractivity contribution in [1.82, 2.24) is 4.98 Å². The number of aromatic amines is 1. The van der Waals surface area contributed by atoms with E-state index in [0.717, 1.165) is 23.7 Å². The minimum atomic E-state index is -0.239. The molecule has 0 fully saturated rings. The van der Waals surface area contributed by atoms with Crippen LogP contribution in [0.15, 0.2) is 18.3 Å². The number of benzene rings is 1. The highest BCUT2D eigenvalue weighted by atomic mass is 16.5. The molecule has 3 rings (SSSR count). The summed E-state index contributed by atoms with van der Waals surface area (Å²) >= 11 is 0. The lowest BCUT2D eigenvalue weighted by Crippen LogP contribution is -2.03. The van der Waals surface area contributed by atoms with Gasteiger partial charge in [0.15, 0.2) is 0 Å². The van der Waals surface area contributed by atoms with E-state index in [1.165, 1.54) is 17.5 Å². The van der Waals surface area contributed by atoms with Crippen molar-refractivity contribution in [3.8, 4) is 0 Å². The lowest BCUT2D eigenvalue weighted by Gasteiger charge is -2.02. The summed E-state index contributed by atoms with van der Waals surface area (Å²) in [7, 11) is 0. The van der Waals surface area contributed by atoms with Crippen LogP contribution in [0.4, 0.5) is 0 Å². The van der Waals surface area contributed by atoms with Crippen molar-refractivity contribution in [2.75, 3.05) is 6.61 Å². The molecule has 0 saturated heterocycles. The Bertz CT molecular complexity index is 583. The predicted molar refractivity (Wildman–Crippen MR) is 66.3 cm³/mol. The molecule has 3 nitrogen and oxygen atoms in total. The molecule has 1 N–H and O–H groups in total. The summed E-state index contributed by atoms with van der Waals surface area (Å²) in [6.45, 7) is 2.24. The number of hydrogen-bond donors (Lipinski definition) is 1. The van der Waals surface area contributed by atoms with E-state index in [2.05, 4.69) is 17.1 Å². The molecular weight excluding hydrogens is 214 g/mol. The Morgan fingerprint density at radius 1 is 1.35 bits per heavy atom. The Morgan fingerprint density at radius 2 is 2.12 bits per heavy atom. The number of fused-ring (bicyclic) bond motifs is 2. The third kappa shape index (κ3) is 1.62. The molecule has 17 heavy (non-hydrogen) atoms. The molecule has 1 aliphatic rings. The molecule has 1 aromatic heterocycles. The monoisotopic (exact) mass is 229 g/mol. The second kappa shape index (κ2) is 3.91. The number of aromatic nitrogens is 1.